The van der Waals surface area contributed by atoms with Gasteiger partial charge in [0.2, 0.25) is 0 Å². The molecule has 0 aliphatic rings. The average Bonchev–Trinajstić information content (AvgIpc) is 2.13. The van der Waals surface area contributed by atoms with Crippen LogP contribution < -0.4 is 10.6 Å². The molecule has 0 aromatic carbocycles. The summed E-state index contributed by atoms with van der Waals surface area (Å²) in [5, 5.41) is 6.62. The van der Waals surface area contributed by atoms with Crippen molar-refractivity contribution in [2.24, 2.45) is 5.41 Å². The van der Waals surface area contributed by atoms with E-state index in [0.29, 0.717) is 5.41 Å². The lowest BCUT2D eigenvalue weighted by atomic mass is 9.81. The van der Waals surface area contributed by atoms with Crippen molar-refractivity contribution in [3.05, 3.63) is 18.3 Å². The van der Waals surface area contributed by atoms with Crippen molar-refractivity contribution in [2.75, 3.05) is 17.7 Å². The van der Waals surface area contributed by atoms with E-state index < -0.39 is 0 Å². The number of rotatable bonds is 4. The van der Waals surface area contributed by atoms with Crippen LogP contribution in [-0.4, -0.2) is 17.6 Å². The summed E-state index contributed by atoms with van der Waals surface area (Å²) in [4.78, 5) is 4.21. The SMILES string of the molecule is CNc1cc(NC(C)(C)CC(C)(C)C)ccn1. The molecule has 1 heterocycles. The van der Waals surface area contributed by atoms with Crippen molar-refractivity contribution < 1.29 is 0 Å². The number of hydrogen-bond donors (Lipinski definition) is 2. The van der Waals surface area contributed by atoms with Crippen LogP contribution in [0.1, 0.15) is 41.0 Å². The Kier molecular flexibility index (Phi) is 4.02. The first kappa shape index (κ1) is 13.8. The molecule has 1 aromatic heterocycles. The molecule has 0 fully saturated rings. The van der Waals surface area contributed by atoms with Gasteiger partial charge in [0.1, 0.15) is 5.82 Å². The molecule has 17 heavy (non-hydrogen) atoms. The van der Waals surface area contributed by atoms with Crippen LogP contribution in [0.5, 0.6) is 0 Å². The Morgan fingerprint density at radius 1 is 1.18 bits per heavy atom. The van der Waals surface area contributed by atoms with Gasteiger partial charge < -0.3 is 10.6 Å². The van der Waals surface area contributed by atoms with Crippen LogP contribution in [0.4, 0.5) is 11.5 Å². The Morgan fingerprint density at radius 2 is 1.82 bits per heavy atom. The molecule has 1 rings (SSSR count). The van der Waals surface area contributed by atoms with Gasteiger partial charge in [-0.2, -0.15) is 0 Å². The van der Waals surface area contributed by atoms with Gasteiger partial charge in [-0.3, -0.25) is 0 Å². The van der Waals surface area contributed by atoms with Gasteiger partial charge in [0, 0.05) is 30.5 Å². The number of anilines is 2. The molecule has 0 spiro atoms. The Bertz CT molecular complexity index is 364. The van der Waals surface area contributed by atoms with Crippen LogP contribution in [-0.2, 0) is 0 Å². The Morgan fingerprint density at radius 3 is 2.35 bits per heavy atom. The monoisotopic (exact) mass is 235 g/mol. The first-order valence-corrected chi connectivity index (χ1v) is 6.14. The highest BCUT2D eigenvalue weighted by molar-refractivity contribution is 5.52. The smallest absolute Gasteiger partial charge is 0.127 e. The van der Waals surface area contributed by atoms with E-state index in [-0.39, 0.29) is 5.54 Å². The Balaban J connectivity index is 2.75. The van der Waals surface area contributed by atoms with Gasteiger partial charge in [-0.25, -0.2) is 4.98 Å². The minimum absolute atomic E-state index is 0.0740. The molecule has 96 valence electrons. The van der Waals surface area contributed by atoms with Crippen molar-refractivity contribution in [1.29, 1.82) is 0 Å². The van der Waals surface area contributed by atoms with Crippen LogP contribution in [0.3, 0.4) is 0 Å². The molecule has 3 heteroatoms. The van der Waals surface area contributed by atoms with Crippen molar-refractivity contribution in [1.82, 2.24) is 4.98 Å². The Labute approximate surface area is 105 Å². The second-order valence-corrected chi connectivity index (χ2v) is 6.43. The molecule has 3 nitrogen and oxygen atoms in total. The fraction of sp³-hybridized carbons (Fsp3) is 0.643. The van der Waals surface area contributed by atoms with E-state index in [1.165, 1.54) is 0 Å². The van der Waals surface area contributed by atoms with E-state index >= 15 is 0 Å². The number of nitrogens with zero attached hydrogens (tertiary/aromatic N) is 1. The van der Waals surface area contributed by atoms with Crippen molar-refractivity contribution in [3.63, 3.8) is 0 Å². The Hall–Kier alpha value is -1.25. The van der Waals surface area contributed by atoms with E-state index in [4.69, 9.17) is 0 Å². The van der Waals surface area contributed by atoms with Gasteiger partial charge in [0.25, 0.3) is 0 Å². The topological polar surface area (TPSA) is 37.0 Å². The molecule has 0 saturated carbocycles. The first-order valence-electron chi connectivity index (χ1n) is 6.14. The lowest BCUT2D eigenvalue weighted by Gasteiger charge is -2.34. The molecule has 0 saturated heterocycles. The molecule has 0 aliphatic heterocycles. The third-order valence-corrected chi connectivity index (χ3v) is 2.47. The maximum atomic E-state index is 4.21. The summed E-state index contributed by atoms with van der Waals surface area (Å²) in [6.45, 7) is 11.3. The predicted molar refractivity (Wildman–Crippen MR) is 75.6 cm³/mol. The van der Waals surface area contributed by atoms with E-state index in [1.54, 1.807) is 0 Å². The van der Waals surface area contributed by atoms with Gasteiger partial charge in [-0.15, -0.1) is 0 Å². The van der Waals surface area contributed by atoms with Crippen LogP contribution in [0, 0.1) is 5.41 Å². The van der Waals surface area contributed by atoms with Crippen LogP contribution in [0.2, 0.25) is 0 Å². The standard InChI is InChI=1S/C14H25N3/c1-13(2,3)10-14(4,5)17-11-7-8-16-12(9-11)15-6/h7-9H,10H2,1-6H3,(H2,15,16,17). The summed E-state index contributed by atoms with van der Waals surface area (Å²) in [6, 6.07) is 4.04. The van der Waals surface area contributed by atoms with Gasteiger partial charge in [0.05, 0.1) is 0 Å². The summed E-state index contributed by atoms with van der Waals surface area (Å²) >= 11 is 0. The molecule has 0 aliphatic carbocycles. The minimum atomic E-state index is 0.0740. The lowest BCUT2D eigenvalue weighted by molar-refractivity contribution is 0.302. The number of pyridine rings is 1. The highest BCUT2D eigenvalue weighted by atomic mass is 15.0. The van der Waals surface area contributed by atoms with Gasteiger partial charge in [-0.1, -0.05) is 20.8 Å². The number of nitrogens with one attached hydrogen (secondary N) is 2. The lowest BCUT2D eigenvalue weighted by Crippen LogP contribution is -2.35. The van der Waals surface area contributed by atoms with Gasteiger partial charge >= 0.3 is 0 Å². The highest BCUT2D eigenvalue weighted by Gasteiger charge is 2.25. The van der Waals surface area contributed by atoms with E-state index in [1.807, 2.05) is 25.4 Å². The second-order valence-electron chi connectivity index (χ2n) is 6.43. The van der Waals surface area contributed by atoms with Gasteiger partial charge in [0.15, 0.2) is 0 Å². The predicted octanol–water partition coefficient (Wildman–Crippen LogP) is 3.75. The fourth-order valence-electron chi connectivity index (χ4n) is 2.41. The number of aromatic nitrogens is 1. The molecule has 2 N–H and O–H groups in total. The molecular formula is C14H25N3. The molecular weight excluding hydrogens is 210 g/mol. The summed E-state index contributed by atoms with van der Waals surface area (Å²) in [5.41, 5.74) is 1.50. The van der Waals surface area contributed by atoms with Gasteiger partial charge in [-0.05, 0) is 31.7 Å². The number of hydrogen-bond acceptors (Lipinski definition) is 3. The van der Waals surface area contributed by atoms with E-state index in [2.05, 4.69) is 50.2 Å². The van der Waals surface area contributed by atoms with Crippen LogP contribution in [0.15, 0.2) is 18.3 Å². The third kappa shape index (κ3) is 5.07. The quantitative estimate of drug-likeness (QED) is 0.834. The molecule has 0 unspecified atom stereocenters. The molecule has 0 radical (unpaired) electrons. The normalized spacial score (nSPS) is 12.4. The van der Waals surface area contributed by atoms with Crippen LogP contribution in [0.25, 0.3) is 0 Å². The maximum Gasteiger partial charge on any atom is 0.127 e. The zero-order valence-electron chi connectivity index (χ0n) is 11.9. The highest BCUT2D eigenvalue weighted by Crippen LogP contribution is 2.29. The largest absolute Gasteiger partial charge is 0.380 e. The molecule has 1 aromatic rings. The van der Waals surface area contributed by atoms with E-state index in [0.717, 1.165) is 17.9 Å². The summed E-state index contributed by atoms with van der Waals surface area (Å²) in [5.74, 6) is 0.890. The average molecular weight is 235 g/mol. The molecule has 0 amide bonds. The third-order valence-electron chi connectivity index (χ3n) is 2.47. The fourth-order valence-corrected chi connectivity index (χ4v) is 2.41. The summed E-state index contributed by atoms with van der Waals surface area (Å²) < 4.78 is 0. The van der Waals surface area contributed by atoms with Crippen LogP contribution >= 0.6 is 0 Å². The van der Waals surface area contributed by atoms with Crippen molar-refractivity contribution in [2.45, 2.75) is 46.6 Å². The molecule has 0 bridgehead atoms. The zero-order chi connectivity index (χ0) is 13.1. The first-order chi connectivity index (χ1) is 7.72. The maximum absolute atomic E-state index is 4.21. The second kappa shape index (κ2) is 4.94. The van der Waals surface area contributed by atoms with E-state index in [9.17, 15) is 0 Å². The summed E-state index contributed by atoms with van der Waals surface area (Å²) in [6.07, 6.45) is 2.93. The van der Waals surface area contributed by atoms with Crippen molar-refractivity contribution >= 4 is 11.5 Å². The summed E-state index contributed by atoms with van der Waals surface area (Å²) in [7, 11) is 1.88. The molecule has 0 atom stereocenters. The minimum Gasteiger partial charge on any atom is -0.380 e. The zero-order valence-corrected chi connectivity index (χ0v) is 11.9. The van der Waals surface area contributed by atoms with Crippen molar-refractivity contribution in [3.8, 4) is 0 Å².